The predicted octanol–water partition coefficient (Wildman–Crippen LogP) is 4.04. The number of hydrogen-bond donors (Lipinski definition) is 3. The Morgan fingerprint density at radius 1 is 0.875 bits per heavy atom. The molecule has 8 heteroatoms. The molecule has 1 fully saturated rings. The van der Waals surface area contributed by atoms with Gasteiger partial charge in [-0.05, 0) is 91.9 Å². The van der Waals surface area contributed by atoms with Crippen LogP contribution in [0.15, 0.2) is 58.6 Å². The van der Waals surface area contributed by atoms with Gasteiger partial charge >= 0.3 is 0 Å². The van der Waals surface area contributed by atoms with Crippen LogP contribution in [0.5, 0.6) is 0 Å². The van der Waals surface area contributed by atoms with E-state index in [0.717, 1.165) is 51.7 Å². The summed E-state index contributed by atoms with van der Waals surface area (Å²) in [5.74, 6) is 1.59. The monoisotopic (exact) mass is 456 g/mol. The van der Waals surface area contributed by atoms with Gasteiger partial charge in [-0.3, -0.25) is 0 Å². The number of nitrogens with one attached hydrogen (secondary N) is 3. The number of rotatable bonds is 9. The fourth-order valence-electron chi connectivity index (χ4n) is 4.85. The number of nitroso groups, excluding NO2 is 1. The summed E-state index contributed by atoms with van der Waals surface area (Å²) in [6, 6.07) is 14.6. The molecule has 32 heavy (non-hydrogen) atoms. The number of sulfonamides is 1. The molecule has 0 amide bonds. The van der Waals surface area contributed by atoms with E-state index in [1.807, 2.05) is 0 Å². The normalized spacial score (nSPS) is 23.2. The van der Waals surface area contributed by atoms with Gasteiger partial charge in [0.2, 0.25) is 10.0 Å². The highest BCUT2D eigenvalue weighted by Gasteiger charge is 2.25. The molecule has 1 unspecified atom stereocenters. The molecule has 4 rings (SSSR count). The smallest absolute Gasteiger partial charge is 0.242 e. The first-order chi connectivity index (χ1) is 15.5. The minimum Gasteiger partial charge on any atom is -0.384 e. The molecule has 1 saturated carbocycles. The lowest BCUT2D eigenvalue weighted by Crippen LogP contribution is -2.36. The van der Waals surface area contributed by atoms with Gasteiger partial charge in [-0.1, -0.05) is 30.3 Å². The summed E-state index contributed by atoms with van der Waals surface area (Å²) in [5, 5.41) is 10.0. The maximum atomic E-state index is 12.6. The van der Waals surface area contributed by atoms with Gasteiger partial charge in [0.05, 0.1) is 0 Å². The maximum Gasteiger partial charge on any atom is 0.242 e. The van der Waals surface area contributed by atoms with Crippen molar-refractivity contribution in [1.29, 1.82) is 0 Å². The maximum absolute atomic E-state index is 12.6. The van der Waals surface area contributed by atoms with Crippen molar-refractivity contribution in [1.82, 2.24) is 10.0 Å². The number of anilines is 1. The molecule has 1 aliphatic heterocycles. The van der Waals surface area contributed by atoms with Crippen molar-refractivity contribution in [3.8, 4) is 0 Å². The molecule has 1 heterocycles. The summed E-state index contributed by atoms with van der Waals surface area (Å²) in [6.45, 7) is 3.46. The van der Waals surface area contributed by atoms with Crippen LogP contribution in [0.2, 0.25) is 0 Å². The summed E-state index contributed by atoms with van der Waals surface area (Å²) in [4.78, 5) is 10.9. The first kappa shape index (κ1) is 22.9. The van der Waals surface area contributed by atoms with Crippen molar-refractivity contribution in [3.05, 3.63) is 59.0 Å². The van der Waals surface area contributed by atoms with Gasteiger partial charge in [-0.15, -0.1) is 4.91 Å². The van der Waals surface area contributed by atoms with E-state index < -0.39 is 10.0 Å². The van der Waals surface area contributed by atoms with E-state index in [0.29, 0.717) is 24.3 Å². The number of fused-ring (bicyclic) bond motifs is 1. The lowest BCUT2D eigenvalue weighted by atomic mass is 9.82. The van der Waals surface area contributed by atoms with Gasteiger partial charge < -0.3 is 10.6 Å². The van der Waals surface area contributed by atoms with E-state index in [9.17, 15) is 13.3 Å². The van der Waals surface area contributed by atoms with Crippen molar-refractivity contribution < 1.29 is 8.42 Å². The molecule has 2 aromatic carbocycles. The van der Waals surface area contributed by atoms with Gasteiger partial charge in [-0.25, -0.2) is 13.1 Å². The van der Waals surface area contributed by atoms with Crippen LogP contribution in [0.25, 0.3) is 0 Å². The van der Waals surface area contributed by atoms with Crippen LogP contribution < -0.4 is 15.4 Å². The zero-order valence-electron chi connectivity index (χ0n) is 18.3. The molecule has 0 aromatic heterocycles. The van der Waals surface area contributed by atoms with Crippen LogP contribution in [0.1, 0.15) is 31.2 Å². The Morgan fingerprint density at radius 2 is 1.53 bits per heavy atom. The molecule has 172 valence electrons. The molecule has 2 aromatic rings. The van der Waals surface area contributed by atoms with Crippen LogP contribution in [-0.4, -0.2) is 34.6 Å². The molecular weight excluding hydrogens is 424 g/mol. The van der Waals surface area contributed by atoms with Crippen LogP contribution in [0.3, 0.4) is 0 Å². The van der Waals surface area contributed by atoms with Crippen LogP contribution in [0.4, 0.5) is 11.4 Å². The first-order valence-electron chi connectivity index (χ1n) is 11.5. The quantitative estimate of drug-likeness (QED) is 0.495. The van der Waals surface area contributed by atoms with E-state index in [1.54, 1.807) is 12.1 Å². The van der Waals surface area contributed by atoms with Crippen LogP contribution >= 0.6 is 0 Å². The Bertz CT molecular complexity index is 1020. The SMILES string of the molecule is O=Nc1ccccc1S(=O)(=O)NCC1CCC(CNCC2CNc3ccccc3C2)CC1. The Hall–Kier alpha value is -2.29. The molecule has 7 nitrogen and oxygen atoms in total. The second kappa shape index (κ2) is 10.6. The summed E-state index contributed by atoms with van der Waals surface area (Å²) in [7, 11) is -3.73. The van der Waals surface area contributed by atoms with Crippen molar-refractivity contribution in [2.45, 2.75) is 37.0 Å². The minimum absolute atomic E-state index is 0.0484. The first-order valence-corrected chi connectivity index (χ1v) is 13.0. The molecule has 0 spiro atoms. The third-order valence-electron chi connectivity index (χ3n) is 6.75. The fraction of sp³-hybridized carbons (Fsp3) is 0.500. The molecule has 0 saturated heterocycles. The molecule has 3 N–H and O–H groups in total. The summed E-state index contributed by atoms with van der Waals surface area (Å²) < 4.78 is 27.8. The number of nitrogens with zero attached hydrogens (tertiary/aromatic N) is 1. The Labute approximate surface area is 190 Å². The lowest BCUT2D eigenvalue weighted by Gasteiger charge is -2.30. The topological polar surface area (TPSA) is 99.7 Å². The molecule has 2 aliphatic rings. The number of para-hydroxylation sites is 1. The van der Waals surface area contributed by atoms with Crippen molar-refractivity contribution >= 4 is 21.4 Å². The Balaban J connectivity index is 1.16. The lowest BCUT2D eigenvalue weighted by molar-refractivity contribution is 0.265. The largest absolute Gasteiger partial charge is 0.384 e. The van der Waals surface area contributed by atoms with Gasteiger partial charge in [0.1, 0.15) is 10.6 Å². The van der Waals surface area contributed by atoms with Gasteiger partial charge in [0.25, 0.3) is 0 Å². The standard InChI is InChI=1S/C24H32N4O3S/c29-28-23-7-3-4-8-24(23)32(30,31)27-17-19-11-9-18(10-12-19)14-25-15-20-13-21-5-1-2-6-22(21)26-16-20/h1-8,18-20,25-27H,9-17H2. The summed E-state index contributed by atoms with van der Waals surface area (Å²) >= 11 is 0. The molecule has 1 atom stereocenters. The second-order valence-electron chi connectivity index (χ2n) is 9.06. The van der Waals surface area contributed by atoms with E-state index in [2.05, 4.69) is 44.8 Å². The molecule has 1 aliphatic carbocycles. The molecule has 0 bridgehead atoms. The average molecular weight is 457 g/mol. The third-order valence-corrected chi connectivity index (χ3v) is 8.23. The Kier molecular flexibility index (Phi) is 7.55. The third kappa shape index (κ3) is 5.74. The van der Waals surface area contributed by atoms with E-state index in [-0.39, 0.29) is 10.6 Å². The van der Waals surface area contributed by atoms with Crippen LogP contribution in [0, 0.1) is 22.7 Å². The fourth-order valence-corrected chi connectivity index (χ4v) is 6.10. The predicted molar refractivity (Wildman–Crippen MR) is 128 cm³/mol. The van der Waals surface area contributed by atoms with Crippen molar-refractivity contribution in [3.63, 3.8) is 0 Å². The zero-order chi connectivity index (χ0) is 22.4. The van der Waals surface area contributed by atoms with Gasteiger partial charge in [-0.2, -0.15) is 0 Å². The highest BCUT2D eigenvalue weighted by molar-refractivity contribution is 7.89. The second-order valence-corrected chi connectivity index (χ2v) is 10.8. The highest BCUT2D eigenvalue weighted by Crippen LogP contribution is 2.29. The van der Waals surface area contributed by atoms with Crippen molar-refractivity contribution in [2.24, 2.45) is 22.9 Å². The summed E-state index contributed by atoms with van der Waals surface area (Å²) in [6.07, 6.45) is 5.36. The van der Waals surface area contributed by atoms with E-state index in [4.69, 9.17) is 0 Å². The average Bonchev–Trinajstić information content (AvgIpc) is 2.83. The Morgan fingerprint density at radius 3 is 2.31 bits per heavy atom. The zero-order valence-corrected chi connectivity index (χ0v) is 19.1. The van der Waals surface area contributed by atoms with E-state index in [1.165, 1.54) is 23.4 Å². The summed E-state index contributed by atoms with van der Waals surface area (Å²) in [5.41, 5.74) is 2.62. The van der Waals surface area contributed by atoms with Crippen LogP contribution in [-0.2, 0) is 16.4 Å². The van der Waals surface area contributed by atoms with Crippen molar-refractivity contribution in [2.75, 3.05) is 31.5 Å². The van der Waals surface area contributed by atoms with Gasteiger partial charge in [0.15, 0.2) is 0 Å². The number of benzene rings is 2. The van der Waals surface area contributed by atoms with E-state index >= 15 is 0 Å². The number of hydrogen-bond acceptors (Lipinski definition) is 6. The molecule has 0 radical (unpaired) electrons. The minimum atomic E-state index is -3.73. The molecular formula is C24H32N4O3S. The highest BCUT2D eigenvalue weighted by atomic mass is 32.2. The van der Waals surface area contributed by atoms with Gasteiger partial charge in [0, 0.05) is 18.8 Å².